The van der Waals surface area contributed by atoms with Crippen LogP contribution in [0.25, 0.3) is 10.8 Å². The maximum atomic E-state index is 12.7. The number of phenolic OH excluding ortho intramolecular Hbond substituents is 1. The minimum atomic E-state index is -1.04. The fraction of sp³-hybridized carbons (Fsp3) is 0. The number of hydrazone groups is 1. The number of hydrogen-bond acceptors (Lipinski definition) is 5. The molecule has 0 aliphatic carbocycles. The van der Waals surface area contributed by atoms with Gasteiger partial charge in [0.05, 0.1) is 17.5 Å². The number of nitrogens with zero attached hydrogens (tertiary/aromatic N) is 1. The van der Waals surface area contributed by atoms with Crippen LogP contribution in [-0.4, -0.2) is 29.0 Å². The molecular formula is C26H19BrN4O4. The highest BCUT2D eigenvalue weighted by atomic mass is 79.9. The number of amides is 3. The van der Waals surface area contributed by atoms with E-state index in [4.69, 9.17) is 0 Å². The third kappa shape index (κ3) is 5.71. The Morgan fingerprint density at radius 2 is 1.51 bits per heavy atom. The molecule has 0 aromatic heterocycles. The second-order valence-electron chi connectivity index (χ2n) is 7.38. The van der Waals surface area contributed by atoms with E-state index in [0.717, 1.165) is 15.2 Å². The second kappa shape index (κ2) is 10.6. The standard InChI is InChI=1S/C26H19BrN4O4/c27-17-10-12-18(13-11-17)29-24(33)20-7-3-4-8-22(20)30-25(34)26(35)31-28-15-21-19-6-2-1-5-16(19)9-14-23(21)32/h1-15,32H,(H,29,33)(H,30,34)(H,31,35). The zero-order chi connectivity index (χ0) is 24.8. The summed E-state index contributed by atoms with van der Waals surface area (Å²) in [5.74, 6) is -2.51. The van der Waals surface area contributed by atoms with Crippen LogP contribution < -0.4 is 16.1 Å². The van der Waals surface area contributed by atoms with Gasteiger partial charge in [0.25, 0.3) is 5.91 Å². The summed E-state index contributed by atoms with van der Waals surface area (Å²) in [6.07, 6.45) is 1.27. The van der Waals surface area contributed by atoms with Crippen LogP contribution >= 0.6 is 15.9 Å². The molecule has 174 valence electrons. The lowest BCUT2D eigenvalue weighted by molar-refractivity contribution is -0.136. The molecule has 0 atom stereocenters. The Labute approximate surface area is 208 Å². The number of nitrogens with one attached hydrogen (secondary N) is 3. The number of carbonyl (C=O) groups excluding carboxylic acids is 3. The third-order valence-electron chi connectivity index (χ3n) is 5.04. The number of carbonyl (C=O) groups is 3. The van der Waals surface area contributed by atoms with Gasteiger partial charge in [0.15, 0.2) is 0 Å². The number of phenols is 1. The molecule has 8 nitrogen and oxygen atoms in total. The normalized spacial score (nSPS) is 10.8. The number of para-hydroxylation sites is 1. The van der Waals surface area contributed by atoms with Crippen molar-refractivity contribution in [2.45, 2.75) is 0 Å². The van der Waals surface area contributed by atoms with E-state index in [9.17, 15) is 19.5 Å². The van der Waals surface area contributed by atoms with Gasteiger partial charge in [0.1, 0.15) is 5.75 Å². The van der Waals surface area contributed by atoms with Crippen LogP contribution in [-0.2, 0) is 9.59 Å². The summed E-state index contributed by atoms with van der Waals surface area (Å²) in [7, 11) is 0. The summed E-state index contributed by atoms with van der Waals surface area (Å²) < 4.78 is 0.868. The maximum absolute atomic E-state index is 12.7. The summed E-state index contributed by atoms with van der Waals surface area (Å²) in [5, 5.41) is 20.8. The molecule has 4 aromatic carbocycles. The van der Waals surface area contributed by atoms with Gasteiger partial charge in [-0.1, -0.05) is 58.4 Å². The van der Waals surface area contributed by atoms with Crippen molar-refractivity contribution in [3.63, 3.8) is 0 Å². The highest BCUT2D eigenvalue weighted by molar-refractivity contribution is 9.10. The average molecular weight is 531 g/mol. The van der Waals surface area contributed by atoms with Crippen LogP contribution in [0.3, 0.4) is 0 Å². The first kappa shape index (κ1) is 23.7. The zero-order valence-corrected chi connectivity index (χ0v) is 19.7. The molecule has 0 fully saturated rings. The zero-order valence-electron chi connectivity index (χ0n) is 18.2. The topological polar surface area (TPSA) is 120 Å². The molecule has 35 heavy (non-hydrogen) atoms. The van der Waals surface area contributed by atoms with Crippen molar-refractivity contribution in [3.05, 3.63) is 101 Å². The van der Waals surface area contributed by atoms with Crippen LogP contribution in [0.1, 0.15) is 15.9 Å². The number of rotatable bonds is 5. The van der Waals surface area contributed by atoms with E-state index in [0.29, 0.717) is 11.3 Å². The van der Waals surface area contributed by atoms with Gasteiger partial charge in [0.2, 0.25) is 0 Å². The van der Waals surface area contributed by atoms with Gasteiger partial charge in [-0.3, -0.25) is 14.4 Å². The molecule has 0 spiro atoms. The quantitative estimate of drug-likeness (QED) is 0.170. The molecule has 0 saturated heterocycles. The molecule has 4 rings (SSSR count). The van der Waals surface area contributed by atoms with Crippen molar-refractivity contribution >= 4 is 62.0 Å². The molecule has 0 bridgehead atoms. The average Bonchev–Trinajstić information content (AvgIpc) is 2.87. The number of aromatic hydroxyl groups is 1. The van der Waals surface area contributed by atoms with Crippen LogP contribution in [0, 0.1) is 0 Å². The van der Waals surface area contributed by atoms with E-state index in [-0.39, 0.29) is 17.0 Å². The van der Waals surface area contributed by atoms with Crippen LogP contribution in [0.2, 0.25) is 0 Å². The van der Waals surface area contributed by atoms with Gasteiger partial charge in [-0.25, -0.2) is 5.43 Å². The summed E-state index contributed by atoms with van der Waals surface area (Å²) in [4.78, 5) is 37.4. The first-order valence-corrected chi connectivity index (χ1v) is 11.2. The van der Waals surface area contributed by atoms with Crippen molar-refractivity contribution in [2.24, 2.45) is 5.10 Å². The monoisotopic (exact) mass is 530 g/mol. The number of halogens is 1. The van der Waals surface area contributed by atoms with Gasteiger partial charge in [-0.05, 0) is 53.2 Å². The molecule has 0 heterocycles. The molecule has 0 aliphatic rings. The first-order valence-electron chi connectivity index (χ1n) is 10.4. The molecule has 0 unspecified atom stereocenters. The third-order valence-corrected chi connectivity index (χ3v) is 5.56. The highest BCUT2D eigenvalue weighted by Crippen LogP contribution is 2.25. The Balaban J connectivity index is 1.43. The number of benzene rings is 4. The predicted octanol–water partition coefficient (Wildman–Crippen LogP) is 4.65. The molecule has 0 saturated carbocycles. The SMILES string of the molecule is O=C(NN=Cc1c(O)ccc2ccccc12)C(=O)Nc1ccccc1C(=O)Nc1ccc(Br)cc1. The summed E-state index contributed by atoms with van der Waals surface area (Å²) in [5.41, 5.74) is 3.46. The molecule has 4 N–H and O–H groups in total. The molecule has 0 radical (unpaired) electrons. The molecule has 0 aliphatic heterocycles. The predicted molar refractivity (Wildman–Crippen MR) is 139 cm³/mol. The minimum Gasteiger partial charge on any atom is -0.507 e. The lowest BCUT2D eigenvalue weighted by Crippen LogP contribution is -2.33. The molecule has 4 aromatic rings. The van der Waals surface area contributed by atoms with Crippen LogP contribution in [0.4, 0.5) is 11.4 Å². The Morgan fingerprint density at radius 3 is 2.31 bits per heavy atom. The molecule has 3 amide bonds. The van der Waals surface area contributed by atoms with Gasteiger partial charge in [0, 0.05) is 15.7 Å². The van der Waals surface area contributed by atoms with E-state index >= 15 is 0 Å². The summed E-state index contributed by atoms with van der Waals surface area (Å²) in [6.45, 7) is 0. The van der Waals surface area contributed by atoms with Gasteiger partial charge < -0.3 is 15.7 Å². The van der Waals surface area contributed by atoms with Crippen LogP contribution in [0.15, 0.2) is 94.5 Å². The fourth-order valence-electron chi connectivity index (χ4n) is 3.33. The number of fused-ring (bicyclic) bond motifs is 1. The second-order valence-corrected chi connectivity index (χ2v) is 8.30. The minimum absolute atomic E-state index is 0.0168. The van der Waals surface area contributed by atoms with Gasteiger partial charge in [-0.2, -0.15) is 5.10 Å². The van der Waals surface area contributed by atoms with Gasteiger partial charge in [-0.15, -0.1) is 0 Å². The molecular weight excluding hydrogens is 512 g/mol. The smallest absolute Gasteiger partial charge is 0.329 e. The first-order chi connectivity index (χ1) is 16.9. The lowest BCUT2D eigenvalue weighted by Gasteiger charge is -2.11. The van der Waals surface area contributed by atoms with E-state index < -0.39 is 17.7 Å². The number of anilines is 2. The van der Waals surface area contributed by atoms with E-state index in [1.54, 1.807) is 48.5 Å². The maximum Gasteiger partial charge on any atom is 0.329 e. The lowest BCUT2D eigenvalue weighted by atomic mass is 10.0. The fourth-order valence-corrected chi connectivity index (χ4v) is 3.59. The Kier molecular flexibility index (Phi) is 7.18. The van der Waals surface area contributed by atoms with Crippen molar-refractivity contribution in [2.75, 3.05) is 10.6 Å². The Morgan fingerprint density at radius 1 is 0.800 bits per heavy atom. The van der Waals surface area contributed by atoms with E-state index in [2.05, 4.69) is 37.1 Å². The number of hydrogen-bond donors (Lipinski definition) is 4. The Bertz CT molecular complexity index is 1450. The largest absolute Gasteiger partial charge is 0.507 e. The van der Waals surface area contributed by atoms with Gasteiger partial charge >= 0.3 is 11.8 Å². The summed E-state index contributed by atoms with van der Waals surface area (Å²) in [6, 6.07) is 24.0. The highest BCUT2D eigenvalue weighted by Gasteiger charge is 2.18. The van der Waals surface area contributed by atoms with E-state index in [1.807, 2.05) is 18.2 Å². The van der Waals surface area contributed by atoms with Crippen molar-refractivity contribution < 1.29 is 19.5 Å². The van der Waals surface area contributed by atoms with Crippen molar-refractivity contribution in [1.29, 1.82) is 0 Å². The van der Waals surface area contributed by atoms with Crippen molar-refractivity contribution in [3.8, 4) is 5.75 Å². The molecule has 9 heteroatoms. The Hall–Kier alpha value is -4.50. The summed E-state index contributed by atoms with van der Waals surface area (Å²) >= 11 is 3.33. The van der Waals surface area contributed by atoms with E-state index in [1.165, 1.54) is 24.4 Å². The van der Waals surface area contributed by atoms with Crippen molar-refractivity contribution in [1.82, 2.24) is 5.43 Å². The van der Waals surface area contributed by atoms with Crippen LogP contribution in [0.5, 0.6) is 5.75 Å².